The van der Waals surface area contributed by atoms with Gasteiger partial charge in [0, 0.05) is 44.0 Å². The van der Waals surface area contributed by atoms with Gasteiger partial charge in [0.1, 0.15) is 5.82 Å². The number of carbonyl (C=O) groups is 1. The lowest BCUT2D eigenvalue weighted by molar-refractivity contribution is -0.126. The van der Waals surface area contributed by atoms with Gasteiger partial charge in [-0.3, -0.25) is 9.78 Å². The van der Waals surface area contributed by atoms with E-state index in [0.29, 0.717) is 31.9 Å². The van der Waals surface area contributed by atoms with Gasteiger partial charge >= 0.3 is 0 Å². The Morgan fingerprint density at radius 1 is 1.26 bits per heavy atom. The molecule has 0 unspecified atom stereocenters. The molecule has 120 valence electrons. The lowest BCUT2D eigenvalue weighted by Crippen LogP contribution is -2.39. The van der Waals surface area contributed by atoms with Crippen molar-refractivity contribution in [2.24, 2.45) is 0 Å². The quantitative estimate of drug-likeness (QED) is 0.902. The second-order valence-electron chi connectivity index (χ2n) is 5.71. The Morgan fingerprint density at radius 2 is 2.09 bits per heavy atom. The van der Waals surface area contributed by atoms with E-state index in [-0.39, 0.29) is 12.3 Å². The van der Waals surface area contributed by atoms with Crippen LogP contribution >= 0.6 is 0 Å². The zero-order chi connectivity index (χ0) is 16.1. The lowest BCUT2D eigenvalue weighted by atomic mass is 9.90. The number of amides is 1. The first-order chi connectivity index (χ1) is 11.1. The van der Waals surface area contributed by atoms with Crippen molar-refractivity contribution < 1.29 is 14.6 Å². The smallest absolute Gasteiger partial charge is 0.228 e. The van der Waals surface area contributed by atoms with Crippen LogP contribution in [0.25, 0.3) is 11.3 Å². The number of aromatic nitrogens is 2. The summed E-state index contributed by atoms with van der Waals surface area (Å²) in [4.78, 5) is 20.7. The van der Waals surface area contributed by atoms with Crippen molar-refractivity contribution in [3.63, 3.8) is 0 Å². The minimum absolute atomic E-state index is 0.0508. The minimum Gasteiger partial charge on any atom is -0.389 e. The van der Waals surface area contributed by atoms with Gasteiger partial charge in [-0.15, -0.1) is 0 Å². The number of hydrogen-bond acceptors (Lipinski definition) is 5. The van der Waals surface area contributed by atoms with Gasteiger partial charge in [0.25, 0.3) is 0 Å². The number of ether oxygens (including phenoxy) is 1. The molecule has 1 saturated heterocycles. The third-order valence-electron chi connectivity index (χ3n) is 3.89. The highest BCUT2D eigenvalue weighted by atomic mass is 16.5. The molecule has 0 saturated carbocycles. The van der Waals surface area contributed by atoms with E-state index in [1.165, 1.54) is 0 Å². The fourth-order valence-electron chi connectivity index (χ4n) is 2.59. The van der Waals surface area contributed by atoms with Crippen LogP contribution in [-0.4, -0.2) is 39.8 Å². The third kappa shape index (κ3) is 4.12. The molecular weight excluding hydrogens is 294 g/mol. The van der Waals surface area contributed by atoms with Crippen molar-refractivity contribution in [2.75, 3.05) is 18.5 Å². The molecule has 0 aliphatic carbocycles. The summed E-state index contributed by atoms with van der Waals surface area (Å²) in [6, 6.07) is 9.16. The Morgan fingerprint density at radius 3 is 2.83 bits per heavy atom. The molecular formula is C17H19N3O3. The molecule has 2 N–H and O–H groups in total. The number of nitrogens with zero attached hydrogens (tertiary/aromatic N) is 2. The van der Waals surface area contributed by atoms with Crippen LogP contribution in [0.4, 0.5) is 5.82 Å². The Bertz CT molecular complexity index is 670. The van der Waals surface area contributed by atoms with Gasteiger partial charge in [-0.05, 0) is 24.3 Å². The molecule has 2 aromatic rings. The van der Waals surface area contributed by atoms with Gasteiger partial charge in [0.2, 0.25) is 5.91 Å². The Labute approximate surface area is 134 Å². The largest absolute Gasteiger partial charge is 0.389 e. The highest BCUT2D eigenvalue weighted by molar-refractivity contribution is 5.90. The van der Waals surface area contributed by atoms with E-state index < -0.39 is 5.60 Å². The molecule has 23 heavy (non-hydrogen) atoms. The van der Waals surface area contributed by atoms with Crippen LogP contribution in [0, 0.1) is 0 Å². The lowest BCUT2D eigenvalue weighted by Gasteiger charge is -2.31. The standard InChI is InChI=1S/C17H19N3O3/c21-16(11-17(22)6-9-23-10-7-17)20-15-5-1-4-14(19-15)13-3-2-8-18-12-13/h1-5,8,12,22H,6-7,9-11H2,(H,19,20,21). The molecule has 3 heterocycles. The van der Waals surface area contributed by atoms with Crippen molar-refractivity contribution in [1.82, 2.24) is 9.97 Å². The predicted molar refractivity (Wildman–Crippen MR) is 85.7 cm³/mol. The van der Waals surface area contributed by atoms with Gasteiger partial charge in [-0.1, -0.05) is 6.07 Å². The van der Waals surface area contributed by atoms with Crippen molar-refractivity contribution >= 4 is 11.7 Å². The Hall–Kier alpha value is -2.31. The number of rotatable bonds is 4. The molecule has 1 aliphatic rings. The van der Waals surface area contributed by atoms with Crippen LogP contribution < -0.4 is 5.32 Å². The highest BCUT2D eigenvalue weighted by Gasteiger charge is 2.32. The average molecular weight is 313 g/mol. The molecule has 2 aromatic heterocycles. The molecule has 0 radical (unpaired) electrons. The van der Waals surface area contributed by atoms with Crippen molar-refractivity contribution in [3.05, 3.63) is 42.7 Å². The second kappa shape index (κ2) is 6.85. The van der Waals surface area contributed by atoms with E-state index in [1.807, 2.05) is 24.3 Å². The average Bonchev–Trinajstić information content (AvgIpc) is 2.56. The van der Waals surface area contributed by atoms with Crippen LogP contribution in [0.5, 0.6) is 0 Å². The third-order valence-corrected chi connectivity index (χ3v) is 3.89. The van der Waals surface area contributed by atoms with E-state index in [0.717, 1.165) is 11.3 Å². The summed E-state index contributed by atoms with van der Waals surface area (Å²) >= 11 is 0. The Kier molecular flexibility index (Phi) is 4.64. The van der Waals surface area contributed by atoms with Crippen molar-refractivity contribution in [2.45, 2.75) is 24.9 Å². The monoisotopic (exact) mass is 313 g/mol. The van der Waals surface area contributed by atoms with Gasteiger partial charge in [-0.2, -0.15) is 0 Å². The summed E-state index contributed by atoms with van der Waals surface area (Å²) in [5.74, 6) is 0.220. The number of carbonyl (C=O) groups excluding carboxylic acids is 1. The van der Waals surface area contributed by atoms with Crippen LogP contribution in [0.1, 0.15) is 19.3 Å². The second-order valence-corrected chi connectivity index (χ2v) is 5.71. The van der Waals surface area contributed by atoms with E-state index in [9.17, 15) is 9.90 Å². The van der Waals surface area contributed by atoms with E-state index in [4.69, 9.17) is 4.74 Å². The molecule has 0 atom stereocenters. The maximum Gasteiger partial charge on any atom is 0.228 e. The molecule has 1 aliphatic heterocycles. The topological polar surface area (TPSA) is 84.3 Å². The molecule has 3 rings (SSSR count). The van der Waals surface area contributed by atoms with Gasteiger partial charge < -0.3 is 15.2 Å². The molecule has 6 nitrogen and oxygen atoms in total. The van der Waals surface area contributed by atoms with E-state index in [2.05, 4.69) is 15.3 Å². The molecule has 1 amide bonds. The summed E-state index contributed by atoms with van der Waals surface area (Å²) in [6.07, 6.45) is 4.42. The predicted octanol–water partition coefficient (Wildman–Crippen LogP) is 2.01. The van der Waals surface area contributed by atoms with Gasteiger partial charge in [0.05, 0.1) is 17.7 Å². The number of pyridine rings is 2. The molecule has 0 bridgehead atoms. The SMILES string of the molecule is O=C(CC1(O)CCOCC1)Nc1cccc(-c2cccnc2)n1. The maximum atomic E-state index is 12.2. The first kappa shape index (κ1) is 15.6. The molecule has 0 aromatic carbocycles. The maximum absolute atomic E-state index is 12.2. The Balaban J connectivity index is 1.67. The van der Waals surface area contributed by atoms with E-state index in [1.54, 1.807) is 18.5 Å². The van der Waals surface area contributed by atoms with Crippen LogP contribution in [0.15, 0.2) is 42.7 Å². The zero-order valence-electron chi connectivity index (χ0n) is 12.7. The molecule has 6 heteroatoms. The van der Waals surface area contributed by atoms with Crippen molar-refractivity contribution in [3.8, 4) is 11.3 Å². The summed E-state index contributed by atoms with van der Waals surface area (Å²) in [5, 5.41) is 13.1. The zero-order valence-corrected chi connectivity index (χ0v) is 12.7. The minimum atomic E-state index is -0.983. The summed E-state index contributed by atoms with van der Waals surface area (Å²) in [6.45, 7) is 0.969. The highest BCUT2D eigenvalue weighted by Crippen LogP contribution is 2.25. The van der Waals surface area contributed by atoms with Gasteiger partial charge in [0.15, 0.2) is 0 Å². The van der Waals surface area contributed by atoms with E-state index >= 15 is 0 Å². The van der Waals surface area contributed by atoms with Crippen LogP contribution in [0.2, 0.25) is 0 Å². The summed E-state index contributed by atoms with van der Waals surface area (Å²) in [7, 11) is 0. The number of hydrogen-bond donors (Lipinski definition) is 2. The fourth-order valence-corrected chi connectivity index (χ4v) is 2.59. The normalized spacial score (nSPS) is 16.7. The van der Waals surface area contributed by atoms with Gasteiger partial charge in [-0.25, -0.2) is 4.98 Å². The number of nitrogens with one attached hydrogen (secondary N) is 1. The summed E-state index contributed by atoms with van der Waals surface area (Å²) < 4.78 is 5.22. The number of anilines is 1. The number of aliphatic hydroxyl groups is 1. The first-order valence-corrected chi connectivity index (χ1v) is 7.62. The summed E-state index contributed by atoms with van der Waals surface area (Å²) in [5.41, 5.74) is 0.635. The van der Waals surface area contributed by atoms with Crippen LogP contribution in [-0.2, 0) is 9.53 Å². The molecule has 1 fully saturated rings. The molecule has 0 spiro atoms. The van der Waals surface area contributed by atoms with Crippen molar-refractivity contribution in [1.29, 1.82) is 0 Å². The van der Waals surface area contributed by atoms with Crippen LogP contribution in [0.3, 0.4) is 0 Å². The fraction of sp³-hybridized carbons (Fsp3) is 0.353. The first-order valence-electron chi connectivity index (χ1n) is 7.62.